The highest BCUT2D eigenvalue weighted by atomic mass is 15.2. The minimum atomic E-state index is 0.429. The summed E-state index contributed by atoms with van der Waals surface area (Å²) in [5.74, 6) is 2.73. The van der Waals surface area contributed by atoms with Gasteiger partial charge in [0.05, 0.1) is 0 Å². The topological polar surface area (TPSA) is 53.1 Å². The molecule has 1 aliphatic heterocycles. The molecule has 1 atom stereocenters. The Morgan fingerprint density at radius 2 is 2.21 bits per heavy atom. The summed E-state index contributed by atoms with van der Waals surface area (Å²) in [6, 6.07) is 2.94. The number of rotatable bonds is 4. The van der Waals surface area contributed by atoms with Crippen molar-refractivity contribution in [1.82, 2.24) is 15.3 Å². The molecule has 2 rings (SSSR count). The maximum atomic E-state index is 4.51. The lowest BCUT2D eigenvalue weighted by molar-refractivity contribution is 0.479. The van der Waals surface area contributed by atoms with Gasteiger partial charge in [0.2, 0.25) is 0 Å². The largest absolute Gasteiger partial charge is 0.366 e. The normalized spacial score (nSPS) is 19.5. The van der Waals surface area contributed by atoms with Crippen LogP contribution in [0.25, 0.3) is 0 Å². The Kier molecular flexibility index (Phi) is 4.58. The highest BCUT2D eigenvalue weighted by molar-refractivity contribution is 5.50. The van der Waals surface area contributed by atoms with Gasteiger partial charge in [-0.15, -0.1) is 0 Å². The molecule has 1 aromatic heterocycles. The van der Waals surface area contributed by atoms with Crippen molar-refractivity contribution in [2.75, 3.05) is 30.4 Å². The van der Waals surface area contributed by atoms with Crippen LogP contribution in [0.1, 0.15) is 32.5 Å². The van der Waals surface area contributed by atoms with Crippen molar-refractivity contribution in [3.8, 4) is 0 Å². The SMILES string of the molecule is Cc1nc(NC2CCCNC2)cc(N(C)C(C)C)n1. The molecule has 0 aromatic carbocycles. The van der Waals surface area contributed by atoms with E-state index < -0.39 is 0 Å². The van der Waals surface area contributed by atoms with Gasteiger partial charge < -0.3 is 15.5 Å². The molecular weight excluding hydrogens is 238 g/mol. The van der Waals surface area contributed by atoms with Gasteiger partial charge in [-0.1, -0.05) is 0 Å². The van der Waals surface area contributed by atoms with Gasteiger partial charge >= 0.3 is 0 Å². The molecule has 1 aromatic rings. The van der Waals surface area contributed by atoms with E-state index in [1.165, 1.54) is 12.8 Å². The highest BCUT2D eigenvalue weighted by Crippen LogP contribution is 2.18. The summed E-state index contributed by atoms with van der Waals surface area (Å²) >= 11 is 0. The third kappa shape index (κ3) is 3.80. The number of aromatic nitrogens is 2. The summed E-state index contributed by atoms with van der Waals surface area (Å²) in [5, 5.41) is 6.92. The van der Waals surface area contributed by atoms with Gasteiger partial charge in [-0.2, -0.15) is 0 Å². The van der Waals surface area contributed by atoms with E-state index in [1.807, 2.05) is 13.0 Å². The fraction of sp³-hybridized carbons (Fsp3) is 0.714. The van der Waals surface area contributed by atoms with Crippen molar-refractivity contribution in [1.29, 1.82) is 0 Å². The van der Waals surface area contributed by atoms with Crippen molar-refractivity contribution in [3.05, 3.63) is 11.9 Å². The lowest BCUT2D eigenvalue weighted by Crippen LogP contribution is -2.38. The van der Waals surface area contributed by atoms with Crippen molar-refractivity contribution < 1.29 is 0 Å². The van der Waals surface area contributed by atoms with E-state index in [9.17, 15) is 0 Å². The quantitative estimate of drug-likeness (QED) is 0.867. The summed E-state index contributed by atoms with van der Waals surface area (Å²) < 4.78 is 0. The Labute approximate surface area is 115 Å². The van der Waals surface area contributed by atoms with Crippen LogP contribution in [0.3, 0.4) is 0 Å². The molecule has 2 N–H and O–H groups in total. The number of hydrogen-bond acceptors (Lipinski definition) is 5. The molecule has 1 aliphatic rings. The average molecular weight is 263 g/mol. The molecule has 0 amide bonds. The van der Waals surface area contributed by atoms with Gasteiger partial charge in [0.15, 0.2) is 0 Å². The van der Waals surface area contributed by atoms with Gasteiger partial charge in [0.25, 0.3) is 0 Å². The smallest absolute Gasteiger partial charge is 0.134 e. The van der Waals surface area contributed by atoms with E-state index >= 15 is 0 Å². The van der Waals surface area contributed by atoms with Crippen LogP contribution in [0.2, 0.25) is 0 Å². The molecule has 2 heterocycles. The van der Waals surface area contributed by atoms with E-state index in [4.69, 9.17) is 0 Å². The third-order valence-corrected chi connectivity index (χ3v) is 3.61. The lowest BCUT2D eigenvalue weighted by atomic mass is 10.1. The Morgan fingerprint density at radius 1 is 1.42 bits per heavy atom. The predicted octanol–water partition coefficient (Wildman–Crippen LogP) is 1.79. The van der Waals surface area contributed by atoms with Crippen molar-refractivity contribution in [3.63, 3.8) is 0 Å². The van der Waals surface area contributed by atoms with E-state index in [2.05, 4.69) is 46.4 Å². The first-order valence-corrected chi connectivity index (χ1v) is 7.12. The van der Waals surface area contributed by atoms with Crippen molar-refractivity contribution in [2.45, 2.75) is 45.7 Å². The van der Waals surface area contributed by atoms with Gasteiger partial charge in [-0.3, -0.25) is 0 Å². The summed E-state index contributed by atoms with van der Waals surface area (Å²) in [4.78, 5) is 11.2. The number of hydrogen-bond donors (Lipinski definition) is 2. The molecule has 5 nitrogen and oxygen atoms in total. The second-order valence-corrected chi connectivity index (χ2v) is 5.55. The predicted molar refractivity (Wildman–Crippen MR) is 79.8 cm³/mol. The fourth-order valence-electron chi connectivity index (χ4n) is 2.26. The second-order valence-electron chi connectivity index (χ2n) is 5.55. The summed E-state index contributed by atoms with van der Waals surface area (Å²) in [6.45, 7) is 8.41. The highest BCUT2D eigenvalue weighted by Gasteiger charge is 2.15. The van der Waals surface area contributed by atoms with Crippen LogP contribution >= 0.6 is 0 Å². The Bertz CT molecular complexity index is 412. The van der Waals surface area contributed by atoms with E-state index in [0.717, 1.165) is 30.5 Å². The number of piperidine rings is 1. The molecule has 1 saturated heterocycles. The zero-order chi connectivity index (χ0) is 13.8. The van der Waals surface area contributed by atoms with E-state index in [1.54, 1.807) is 0 Å². The zero-order valence-electron chi connectivity index (χ0n) is 12.4. The summed E-state index contributed by atoms with van der Waals surface area (Å²) in [7, 11) is 2.07. The molecule has 1 unspecified atom stereocenters. The van der Waals surface area contributed by atoms with Gasteiger partial charge in [-0.05, 0) is 40.2 Å². The maximum absolute atomic E-state index is 4.51. The van der Waals surface area contributed by atoms with E-state index in [-0.39, 0.29) is 0 Å². The van der Waals surface area contributed by atoms with Gasteiger partial charge in [0, 0.05) is 31.7 Å². The fourth-order valence-corrected chi connectivity index (χ4v) is 2.26. The summed E-state index contributed by atoms with van der Waals surface area (Å²) in [5.41, 5.74) is 0. The third-order valence-electron chi connectivity index (χ3n) is 3.61. The van der Waals surface area contributed by atoms with Crippen LogP contribution in [-0.2, 0) is 0 Å². The molecule has 0 radical (unpaired) electrons. The molecule has 0 saturated carbocycles. The number of aryl methyl sites for hydroxylation is 1. The minimum absolute atomic E-state index is 0.429. The molecule has 0 spiro atoms. The maximum Gasteiger partial charge on any atom is 0.134 e. The number of nitrogens with zero attached hydrogens (tertiary/aromatic N) is 3. The van der Waals surface area contributed by atoms with Gasteiger partial charge in [-0.25, -0.2) is 9.97 Å². The monoisotopic (exact) mass is 263 g/mol. The van der Waals surface area contributed by atoms with Crippen LogP contribution in [0.15, 0.2) is 6.07 Å². The Balaban J connectivity index is 2.11. The Hall–Kier alpha value is -1.36. The first-order chi connectivity index (χ1) is 9.06. The van der Waals surface area contributed by atoms with Crippen LogP contribution in [-0.4, -0.2) is 42.2 Å². The molecule has 5 heteroatoms. The van der Waals surface area contributed by atoms with Crippen LogP contribution in [0.5, 0.6) is 0 Å². The lowest BCUT2D eigenvalue weighted by Gasteiger charge is -2.26. The number of nitrogens with one attached hydrogen (secondary N) is 2. The number of anilines is 2. The second kappa shape index (κ2) is 6.19. The molecule has 0 aliphatic carbocycles. The van der Waals surface area contributed by atoms with Crippen LogP contribution in [0.4, 0.5) is 11.6 Å². The minimum Gasteiger partial charge on any atom is -0.366 e. The van der Waals surface area contributed by atoms with E-state index in [0.29, 0.717) is 12.1 Å². The van der Waals surface area contributed by atoms with Crippen LogP contribution in [0, 0.1) is 6.92 Å². The first-order valence-electron chi connectivity index (χ1n) is 7.12. The average Bonchev–Trinajstić information content (AvgIpc) is 2.38. The molecular formula is C14H25N5. The van der Waals surface area contributed by atoms with Gasteiger partial charge in [0.1, 0.15) is 17.5 Å². The molecule has 19 heavy (non-hydrogen) atoms. The van der Waals surface area contributed by atoms with Crippen LogP contribution < -0.4 is 15.5 Å². The zero-order valence-corrected chi connectivity index (χ0v) is 12.4. The molecule has 106 valence electrons. The van der Waals surface area contributed by atoms with Crippen molar-refractivity contribution in [2.24, 2.45) is 0 Å². The Morgan fingerprint density at radius 3 is 2.84 bits per heavy atom. The standard InChI is InChI=1S/C14H25N5/c1-10(2)19(4)14-8-13(16-11(3)17-14)18-12-6-5-7-15-9-12/h8,10,12,15H,5-7,9H2,1-4H3,(H,16,17,18). The molecule has 1 fully saturated rings. The summed E-state index contributed by atoms with van der Waals surface area (Å²) in [6.07, 6.45) is 2.42. The van der Waals surface area contributed by atoms with Crippen molar-refractivity contribution >= 4 is 11.6 Å². The first kappa shape index (κ1) is 14.1. The molecule has 0 bridgehead atoms.